The maximum Gasteiger partial charge on any atom is 0.119 e. The molecule has 0 aliphatic heterocycles. The molecular weight excluding hydrogens is 198 g/mol. The summed E-state index contributed by atoms with van der Waals surface area (Å²) < 4.78 is 5.64. The summed E-state index contributed by atoms with van der Waals surface area (Å²) in [5.74, 6) is 0.954. The van der Waals surface area contributed by atoms with E-state index >= 15 is 0 Å². The summed E-state index contributed by atoms with van der Waals surface area (Å²) in [7, 11) is 4.10. The molecule has 1 aromatic rings. The quantitative estimate of drug-likeness (QED) is 0.775. The zero-order valence-corrected chi connectivity index (χ0v) is 11.1. The minimum absolute atomic E-state index is 0.210. The molecule has 0 fully saturated rings. The van der Waals surface area contributed by atoms with Crippen LogP contribution in [-0.4, -0.2) is 32.1 Å². The molecule has 0 bridgehead atoms. The van der Waals surface area contributed by atoms with Gasteiger partial charge in [-0.05, 0) is 37.2 Å². The third kappa shape index (κ3) is 4.23. The van der Waals surface area contributed by atoms with Crippen LogP contribution in [0.25, 0.3) is 0 Å². The molecule has 0 amide bonds. The van der Waals surface area contributed by atoms with Crippen molar-refractivity contribution >= 4 is 0 Å². The van der Waals surface area contributed by atoms with E-state index in [1.165, 1.54) is 5.56 Å². The average molecular weight is 221 g/mol. The molecule has 2 nitrogen and oxygen atoms in total. The van der Waals surface area contributed by atoms with Crippen LogP contribution >= 0.6 is 0 Å². The summed E-state index contributed by atoms with van der Waals surface area (Å²) in [4.78, 5) is 2.11. The summed E-state index contributed by atoms with van der Waals surface area (Å²) in [6, 6.07) is 8.39. The molecule has 16 heavy (non-hydrogen) atoms. The Morgan fingerprint density at radius 2 is 1.62 bits per heavy atom. The molecule has 1 aromatic carbocycles. The van der Waals surface area contributed by atoms with Crippen molar-refractivity contribution in [3.05, 3.63) is 29.8 Å². The van der Waals surface area contributed by atoms with Crippen molar-refractivity contribution in [1.82, 2.24) is 4.90 Å². The van der Waals surface area contributed by atoms with E-state index in [9.17, 15) is 0 Å². The Hall–Kier alpha value is -1.02. The number of rotatable bonds is 4. The van der Waals surface area contributed by atoms with Gasteiger partial charge in [0, 0.05) is 6.54 Å². The normalized spacial score (nSPS) is 11.9. The topological polar surface area (TPSA) is 12.5 Å². The van der Waals surface area contributed by atoms with E-state index in [2.05, 4.69) is 49.9 Å². The molecule has 0 N–H and O–H groups in total. The van der Waals surface area contributed by atoms with E-state index in [0.717, 1.165) is 18.9 Å². The van der Waals surface area contributed by atoms with Gasteiger partial charge >= 0.3 is 0 Å². The minimum Gasteiger partial charge on any atom is -0.492 e. The predicted molar refractivity (Wildman–Crippen MR) is 69.2 cm³/mol. The highest BCUT2D eigenvalue weighted by Gasteiger charge is 2.12. The molecular formula is C14H23NO. The Morgan fingerprint density at radius 3 is 2.06 bits per heavy atom. The average Bonchev–Trinajstić information content (AvgIpc) is 2.16. The lowest BCUT2D eigenvalue weighted by Crippen LogP contribution is -2.19. The van der Waals surface area contributed by atoms with Crippen molar-refractivity contribution in [3.8, 4) is 5.75 Å². The molecule has 0 saturated heterocycles. The van der Waals surface area contributed by atoms with Crippen LogP contribution in [0.5, 0.6) is 5.75 Å². The largest absolute Gasteiger partial charge is 0.492 e. The maximum atomic E-state index is 5.64. The van der Waals surface area contributed by atoms with Crippen LogP contribution in [0, 0.1) is 0 Å². The number of hydrogen-bond donors (Lipinski definition) is 0. The van der Waals surface area contributed by atoms with E-state index in [4.69, 9.17) is 4.74 Å². The van der Waals surface area contributed by atoms with Gasteiger partial charge in [0.1, 0.15) is 12.4 Å². The Kier molecular flexibility index (Phi) is 4.36. The van der Waals surface area contributed by atoms with Crippen molar-refractivity contribution in [3.63, 3.8) is 0 Å². The van der Waals surface area contributed by atoms with Gasteiger partial charge in [-0.25, -0.2) is 0 Å². The van der Waals surface area contributed by atoms with Crippen molar-refractivity contribution < 1.29 is 4.74 Å². The molecule has 90 valence electrons. The lowest BCUT2D eigenvalue weighted by atomic mass is 9.87. The molecule has 0 saturated carbocycles. The number of likely N-dealkylation sites (N-methyl/N-ethyl adjacent to an activating group) is 1. The predicted octanol–water partition coefficient (Wildman–Crippen LogP) is 2.92. The van der Waals surface area contributed by atoms with Crippen molar-refractivity contribution in [2.24, 2.45) is 0 Å². The van der Waals surface area contributed by atoms with Gasteiger partial charge in [0.05, 0.1) is 0 Å². The SMILES string of the molecule is CN(C)CCOc1ccc(C(C)(C)C)cc1. The third-order valence-corrected chi connectivity index (χ3v) is 2.53. The highest BCUT2D eigenvalue weighted by atomic mass is 16.5. The first-order valence-electron chi connectivity index (χ1n) is 5.77. The first-order valence-corrected chi connectivity index (χ1v) is 5.77. The number of benzene rings is 1. The zero-order chi connectivity index (χ0) is 12.2. The van der Waals surface area contributed by atoms with Crippen LogP contribution in [0.3, 0.4) is 0 Å². The second kappa shape index (κ2) is 5.35. The summed E-state index contributed by atoms with van der Waals surface area (Å²) in [6.07, 6.45) is 0. The molecule has 0 heterocycles. The first-order chi connectivity index (χ1) is 7.39. The highest BCUT2D eigenvalue weighted by Crippen LogP contribution is 2.24. The van der Waals surface area contributed by atoms with Crippen LogP contribution < -0.4 is 4.74 Å². The molecule has 0 atom stereocenters. The molecule has 0 aromatic heterocycles. The summed E-state index contributed by atoms with van der Waals surface area (Å²) in [5.41, 5.74) is 1.55. The van der Waals surface area contributed by atoms with Gasteiger partial charge in [-0.3, -0.25) is 0 Å². The smallest absolute Gasteiger partial charge is 0.119 e. The maximum absolute atomic E-state index is 5.64. The van der Waals surface area contributed by atoms with E-state index in [1.807, 2.05) is 14.1 Å². The Morgan fingerprint density at radius 1 is 1.06 bits per heavy atom. The molecule has 0 aliphatic carbocycles. The van der Waals surface area contributed by atoms with Crippen LogP contribution in [0.4, 0.5) is 0 Å². The standard InChI is InChI=1S/C14H23NO/c1-14(2,3)12-6-8-13(9-7-12)16-11-10-15(4)5/h6-9H,10-11H2,1-5H3. The van der Waals surface area contributed by atoms with Gasteiger partial charge in [0.2, 0.25) is 0 Å². The minimum atomic E-state index is 0.210. The molecule has 0 aliphatic rings. The fourth-order valence-electron chi connectivity index (χ4n) is 1.40. The lowest BCUT2D eigenvalue weighted by molar-refractivity contribution is 0.261. The van der Waals surface area contributed by atoms with E-state index in [0.29, 0.717) is 0 Å². The van der Waals surface area contributed by atoms with E-state index in [-0.39, 0.29) is 5.41 Å². The second-order valence-electron chi connectivity index (χ2n) is 5.43. The fraction of sp³-hybridized carbons (Fsp3) is 0.571. The van der Waals surface area contributed by atoms with Crippen LogP contribution in [0.1, 0.15) is 26.3 Å². The van der Waals surface area contributed by atoms with Crippen LogP contribution in [0.2, 0.25) is 0 Å². The Labute approximate surface area is 99.2 Å². The van der Waals surface area contributed by atoms with Crippen molar-refractivity contribution in [2.75, 3.05) is 27.2 Å². The molecule has 0 unspecified atom stereocenters. The summed E-state index contributed by atoms with van der Waals surface area (Å²) >= 11 is 0. The van der Waals surface area contributed by atoms with Crippen molar-refractivity contribution in [2.45, 2.75) is 26.2 Å². The first kappa shape index (κ1) is 13.0. The van der Waals surface area contributed by atoms with Gasteiger partial charge in [-0.2, -0.15) is 0 Å². The number of ether oxygens (including phenoxy) is 1. The lowest BCUT2D eigenvalue weighted by Gasteiger charge is -2.19. The second-order valence-corrected chi connectivity index (χ2v) is 5.43. The highest BCUT2D eigenvalue weighted by molar-refractivity contribution is 5.31. The van der Waals surface area contributed by atoms with Gasteiger partial charge in [-0.1, -0.05) is 32.9 Å². The fourth-order valence-corrected chi connectivity index (χ4v) is 1.40. The van der Waals surface area contributed by atoms with Crippen LogP contribution in [0.15, 0.2) is 24.3 Å². The zero-order valence-electron chi connectivity index (χ0n) is 11.1. The molecule has 0 spiro atoms. The molecule has 0 radical (unpaired) electrons. The van der Waals surface area contributed by atoms with E-state index in [1.54, 1.807) is 0 Å². The van der Waals surface area contributed by atoms with Gasteiger partial charge < -0.3 is 9.64 Å². The van der Waals surface area contributed by atoms with Crippen LogP contribution in [-0.2, 0) is 5.41 Å². The van der Waals surface area contributed by atoms with Gasteiger partial charge in [-0.15, -0.1) is 0 Å². The summed E-state index contributed by atoms with van der Waals surface area (Å²) in [5, 5.41) is 0. The van der Waals surface area contributed by atoms with E-state index < -0.39 is 0 Å². The molecule has 2 heteroatoms. The Bertz CT molecular complexity index is 309. The van der Waals surface area contributed by atoms with Gasteiger partial charge in [0.15, 0.2) is 0 Å². The Balaban J connectivity index is 2.52. The number of hydrogen-bond acceptors (Lipinski definition) is 2. The number of nitrogens with zero attached hydrogens (tertiary/aromatic N) is 1. The van der Waals surface area contributed by atoms with Crippen molar-refractivity contribution in [1.29, 1.82) is 0 Å². The third-order valence-electron chi connectivity index (χ3n) is 2.53. The molecule has 1 rings (SSSR count). The monoisotopic (exact) mass is 221 g/mol. The summed E-state index contributed by atoms with van der Waals surface area (Å²) in [6.45, 7) is 8.33. The van der Waals surface area contributed by atoms with Gasteiger partial charge in [0.25, 0.3) is 0 Å².